The van der Waals surface area contributed by atoms with Gasteiger partial charge in [0.1, 0.15) is 0 Å². The number of thiophene rings is 1. The number of nitrogens with zero attached hydrogens (tertiary/aromatic N) is 1. The molecule has 0 saturated heterocycles. The normalized spacial score (nSPS) is 10.5. The second kappa shape index (κ2) is 6.81. The summed E-state index contributed by atoms with van der Waals surface area (Å²) in [4.78, 5) is 15.6. The van der Waals surface area contributed by atoms with E-state index in [0.717, 1.165) is 23.5 Å². The second-order valence-electron chi connectivity index (χ2n) is 4.41. The molecule has 1 N–H and O–H groups in total. The van der Waals surface area contributed by atoms with Crippen molar-refractivity contribution < 1.29 is 9.90 Å². The van der Waals surface area contributed by atoms with Gasteiger partial charge in [0.05, 0.1) is 11.3 Å². The third-order valence-corrected chi connectivity index (χ3v) is 4.84. The smallest absolute Gasteiger partial charge is 0.338 e. The van der Waals surface area contributed by atoms with Crippen molar-refractivity contribution in [2.75, 3.05) is 24.7 Å². The molecule has 1 aromatic heterocycles. The van der Waals surface area contributed by atoms with Crippen molar-refractivity contribution in [1.82, 2.24) is 0 Å². The first-order valence-electron chi connectivity index (χ1n) is 6.27. The molecule has 2 aromatic rings. The summed E-state index contributed by atoms with van der Waals surface area (Å²) in [6.45, 7) is 0.804. The molecule has 2 rings (SSSR count). The van der Waals surface area contributed by atoms with Crippen molar-refractivity contribution in [3.63, 3.8) is 0 Å². The van der Waals surface area contributed by atoms with E-state index in [-0.39, 0.29) is 0 Å². The first-order valence-corrected chi connectivity index (χ1v) is 8.37. The summed E-state index contributed by atoms with van der Waals surface area (Å²) in [5.74, 6) is -0.868. The monoisotopic (exact) mass is 307 g/mol. The molecule has 0 spiro atoms. The largest absolute Gasteiger partial charge is 0.478 e. The minimum atomic E-state index is -0.868. The van der Waals surface area contributed by atoms with Crippen LogP contribution in [0.5, 0.6) is 0 Å². The average molecular weight is 307 g/mol. The highest BCUT2D eigenvalue weighted by atomic mass is 32.2. The van der Waals surface area contributed by atoms with E-state index in [0.29, 0.717) is 5.56 Å². The van der Waals surface area contributed by atoms with Crippen molar-refractivity contribution >= 4 is 34.8 Å². The van der Waals surface area contributed by atoms with E-state index in [4.69, 9.17) is 0 Å². The van der Waals surface area contributed by atoms with E-state index in [9.17, 15) is 9.90 Å². The molecule has 20 heavy (non-hydrogen) atoms. The van der Waals surface area contributed by atoms with Gasteiger partial charge in [0.25, 0.3) is 0 Å². The summed E-state index contributed by atoms with van der Waals surface area (Å²) < 4.78 is 0. The molecule has 0 atom stereocenters. The van der Waals surface area contributed by atoms with Crippen molar-refractivity contribution in [3.05, 3.63) is 46.2 Å². The van der Waals surface area contributed by atoms with Gasteiger partial charge in [-0.3, -0.25) is 0 Å². The lowest BCUT2D eigenvalue weighted by molar-refractivity contribution is 0.0694. The Hall–Kier alpha value is -1.46. The Balaban J connectivity index is 2.20. The molecule has 106 valence electrons. The SMILES string of the molecule is CSc1cccc(N(C)CCc2cccs2)c1C(=O)O. The first-order chi connectivity index (χ1) is 9.63. The molecule has 0 fully saturated rings. The number of thioether (sulfide) groups is 1. The molecule has 0 saturated carbocycles. The molecule has 0 amide bonds. The Morgan fingerprint density at radius 3 is 2.75 bits per heavy atom. The number of carbonyl (C=O) groups is 1. The first kappa shape index (κ1) is 14.9. The highest BCUT2D eigenvalue weighted by Crippen LogP contribution is 2.29. The molecule has 0 aliphatic rings. The molecule has 0 radical (unpaired) electrons. The van der Waals surface area contributed by atoms with Gasteiger partial charge in [0.2, 0.25) is 0 Å². The van der Waals surface area contributed by atoms with Crippen molar-refractivity contribution in [2.45, 2.75) is 11.3 Å². The fourth-order valence-corrected chi connectivity index (χ4v) is 3.38. The zero-order valence-electron chi connectivity index (χ0n) is 11.5. The highest BCUT2D eigenvalue weighted by Gasteiger charge is 2.17. The number of likely N-dealkylation sites (N-methyl/N-ethyl adjacent to an activating group) is 1. The third-order valence-electron chi connectivity index (χ3n) is 3.12. The third kappa shape index (κ3) is 3.35. The minimum absolute atomic E-state index is 0.397. The quantitative estimate of drug-likeness (QED) is 0.823. The summed E-state index contributed by atoms with van der Waals surface area (Å²) >= 11 is 3.20. The predicted octanol–water partition coefficient (Wildman–Crippen LogP) is 3.85. The number of aromatic carboxylic acids is 1. The van der Waals surface area contributed by atoms with Crippen LogP contribution in [0.3, 0.4) is 0 Å². The average Bonchev–Trinajstić information content (AvgIpc) is 2.96. The van der Waals surface area contributed by atoms with E-state index in [2.05, 4.69) is 11.4 Å². The number of carboxylic acid groups (broad SMARTS) is 1. The summed E-state index contributed by atoms with van der Waals surface area (Å²) in [6, 6.07) is 9.78. The molecule has 0 aliphatic carbocycles. The lowest BCUT2D eigenvalue weighted by atomic mass is 10.1. The molecule has 1 aromatic carbocycles. The Kier molecular flexibility index (Phi) is 5.09. The molecule has 0 aliphatic heterocycles. The van der Waals surface area contributed by atoms with Crippen molar-refractivity contribution in [2.24, 2.45) is 0 Å². The topological polar surface area (TPSA) is 40.5 Å². The van der Waals surface area contributed by atoms with E-state index in [1.54, 1.807) is 11.3 Å². The lowest BCUT2D eigenvalue weighted by Crippen LogP contribution is -2.22. The lowest BCUT2D eigenvalue weighted by Gasteiger charge is -2.22. The minimum Gasteiger partial charge on any atom is -0.478 e. The summed E-state index contributed by atoms with van der Waals surface area (Å²) in [5, 5.41) is 11.5. The zero-order chi connectivity index (χ0) is 14.5. The maximum absolute atomic E-state index is 11.5. The highest BCUT2D eigenvalue weighted by molar-refractivity contribution is 7.98. The van der Waals surface area contributed by atoms with Gasteiger partial charge in [-0.15, -0.1) is 23.1 Å². The number of hydrogen-bond acceptors (Lipinski definition) is 4. The Bertz CT molecular complexity index is 582. The van der Waals surface area contributed by atoms with Crippen LogP contribution in [0.2, 0.25) is 0 Å². The number of rotatable bonds is 6. The van der Waals surface area contributed by atoms with Crippen LogP contribution in [-0.2, 0) is 6.42 Å². The maximum Gasteiger partial charge on any atom is 0.338 e. The van der Waals surface area contributed by atoms with Crippen molar-refractivity contribution in [1.29, 1.82) is 0 Å². The van der Waals surface area contributed by atoms with Gasteiger partial charge in [-0.1, -0.05) is 12.1 Å². The summed E-state index contributed by atoms with van der Waals surface area (Å²) in [7, 11) is 1.94. The fourth-order valence-electron chi connectivity index (χ4n) is 2.08. The van der Waals surface area contributed by atoms with Crippen LogP contribution in [0, 0.1) is 0 Å². The van der Waals surface area contributed by atoms with E-state index >= 15 is 0 Å². The Morgan fingerprint density at radius 2 is 2.15 bits per heavy atom. The van der Waals surface area contributed by atoms with Crippen LogP contribution in [0.4, 0.5) is 5.69 Å². The van der Waals surface area contributed by atoms with E-state index in [1.807, 2.05) is 42.5 Å². The van der Waals surface area contributed by atoms with Crippen LogP contribution in [0.25, 0.3) is 0 Å². The zero-order valence-corrected chi connectivity index (χ0v) is 13.1. The van der Waals surface area contributed by atoms with Gasteiger partial charge in [0, 0.05) is 23.4 Å². The fraction of sp³-hybridized carbons (Fsp3) is 0.267. The molecular formula is C15H17NO2S2. The molecule has 3 nitrogen and oxygen atoms in total. The molecule has 5 heteroatoms. The number of carboxylic acids is 1. The van der Waals surface area contributed by atoms with Crippen LogP contribution >= 0.6 is 23.1 Å². The van der Waals surface area contributed by atoms with Gasteiger partial charge in [0.15, 0.2) is 0 Å². The maximum atomic E-state index is 11.5. The van der Waals surface area contributed by atoms with Crippen LogP contribution in [0.15, 0.2) is 40.6 Å². The van der Waals surface area contributed by atoms with Crippen molar-refractivity contribution in [3.8, 4) is 0 Å². The molecule has 0 bridgehead atoms. The predicted molar refractivity (Wildman–Crippen MR) is 86.5 cm³/mol. The Morgan fingerprint density at radius 1 is 1.35 bits per heavy atom. The van der Waals surface area contributed by atoms with E-state index < -0.39 is 5.97 Å². The van der Waals surface area contributed by atoms with Crippen LogP contribution in [-0.4, -0.2) is 30.9 Å². The van der Waals surface area contributed by atoms with Gasteiger partial charge in [-0.25, -0.2) is 4.79 Å². The molecule has 0 unspecified atom stereocenters. The standard InChI is InChI=1S/C15H17NO2S2/c1-16(9-8-11-5-4-10-20-11)12-6-3-7-13(19-2)14(12)15(17)18/h3-7,10H,8-9H2,1-2H3,(H,17,18). The van der Waals surface area contributed by atoms with Gasteiger partial charge >= 0.3 is 5.97 Å². The van der Waals surface area contributed by atoms with Gasteiger partial charge in [-0.2, -0.15) is 0 Å². The summed E-state index contributed by atoms with van der Waals surface area (Å²) in [6.07, 6.45) is 2.83. The molecule has 1 heterocycles. The van der Waals surface area contributed by atoms with Gasteiger partial charge < -0.3 is 10.0 Å². The van der Waals surface area contributed by atoms with Gasteiger partial charge in [-0.05, 0) is 36.3 Å². The second-order valence-corrected chi connectivity index (χ2v) is 6.29. The number of hydrogen-bond donors (Lipinski definition) is 1. The number of benzene rings is 1. The molecular weight excluding hydrogens is 290 g/mol. The Labute approximate surface area is 127 Å². The van der Waals surface area contributed by atoms with Crippen LogP contribution in [0.1, 0.15) is 15.2 Å². The summed E-state index contributed by atoms with van der Waals surface area (Å²) in [5.41, 5.74) is 1.18. The number of anilines is 1. The van der Waals surface area contributed by atoms with Crippen LogP contribution < -0.4 is 4.90 Å². The van der Waals surface area contributed by atoms with E-state index in [1.165, 1.54) is 16.6 Å².